The molecular weight excluding hydrogens is 427 g/mol. The van der Waals surface area contributed by atoms with Crippen LogP contribution in [0.5, 0.6) is 5.75 Å². The van der Waals surface area contributed by atoms with Crippen LogP contribution in [0.2, 0.25) is 15.1 Å². The molecule has 1 unspecified atom stereocenters. The maximum atomic E-state index is 12.6. The predicted molar refractivity (Wildman–Crippen MR) is 113 cm³/mol. The number of carbonyl (C=O) groups is 2. The molecule has 2 amide bonds. The highest BCUT2D eigenvalue weighted by Crippen LogP contribution is 2.35. The largest absolute Gasteiger partial charge is 0.488 e. The smallest absolute Gasteiger partial charge is 0.408 e. The molecule has 0 aliphatic carbocycles. The van der Waals surface area contributed by atoms with Crippen LogP contribution < -0.4 is 15.4 Å². The van der Waals surface area contributed by atoms with Crippen LogP contribution >= 0.6 is 34.8 Å². The molecule has 0 saturated carbocycles. The van der Waals surface area contributed by atoms with E-state index >= 15 is 0 Å². The van der Waals surface area contributed by atoms with Gasteiger partial charge >= 0.3 is 6.09 Å². The van der Waals surface area contributed by atoms with E-state index < -0.39 is 17.7 Å². The summed E-state index contributed by atoms with van der Waals surface area (Å²) in [5, 5.41) is 6.37. The molecule has 6 nitrogen and oxygen atoms in total. The van der Waals surface area contributed by atoms with Gasteiger partial charge < -0.3 is 20.1 Å². The highest BCUT2D eigenvalue weighted by molar-refractivity contribution is 6.40. The van der Waals surface area contributed by atoms with Crippen molar-refractivity contribution >= 4 is 46.8 Å². The van der Waals surface area contributed by atoms with E-state index in [9.17, 15) is 9.59 Å². The Bertz CT molecular complexity index is 682. The lowest BCUT2D eigenvalue weighted by Gasteiger charge is -2.26. The van der Waals surface area contributed by atoms with Crippen molar-refractivity contribution < 1.29 is 19.1 Å². The van der Waals surface area contributed by atoms with Gasteiger partial charge in [-0.3, -0.25) is 4.79 Å². The second kappa shape index (κ2) is 10.4. The van der Waals surface area contributed by atoms with Crippen LogP contribution in [-0.2, 0) is 9.53 Å². The molecule has 158 valence electrons. The Morgan fingerprint density at radius 1 is 1.04 bits per heavy atom. The molecule has 0 fully saturated rings. The van der Waals surface area contributed by atoms with Crippen LogP contribution in [0.1, 0.15) is 41.5 Å². The zero-order valence-corrected chi connectivity index (χ0v) is 19.1. The molecule has 0 saturated heterocycles. The summed E-state index contributed by atoms with van der Waals surface area (Å²) in [6.07, 6.45) is -0.648. The van der Waals surface area contributed by atoms with Gasteiger partial charge in [-0.2, -0.15) is 0 Å². The van der Waals surface area contributed by atoms with Gasteiger partial charge in [-0.15, -0.1) is 0 Å². The van der Waals surface area contributed by atoms with E-state index in [0.29, 0.717) is 10.8 Å². The Hall–Kier alpha value is -1.37. The van der Waals surface area contributed by atoms with E-state index in [0.717, 1.165) is 0 Å². The summed E-state index contributed by atoms with van der Waals surface area (Å²) >= 11 is 18.0. The van der Waals surface area contributed by atoms with Crippen molar-refractivity contribution in [1.82, 2.24) is 10.6 Å². The molecule has 1 rings (SSSR count). The average molecular weight is 454 g/mol. The molecule has 0 aliphatic heterocycles. The number of benzene rings is 1. The van der Waals surface area contributed by atoms with E-state index in [-0.39, 0.29) is 34.5 Å². The average Bonchev–Trinajstić information content (AvgIpc) is 2.49. The summed E-state index contributed by atoms with van der Waals surface area (Å²) in [7, 11) is 0. The van der Waals surface area contributed by atoms with Crippen LogP contribution in [0.3, 0.4) is 0 Å². The minimum atomic E-state index is -0.750. The quantitative estimate of drug-likeness (QED) is 0.603. The first-order chi connectivity index (χ1) is 12.8. The molecule has 0 aromatic heterocycles. The van der Waals surface area contributed by atoms with Crippen molar-refractivity contribution in [2.24, 2.45) is 5.92 Å². The fourth-order valence-electron chi connectivity index (χ4n) is 2.22. The lowest BCUT2D eigenvalue weighted by molar-refractivity contribution is -0.125. The Kier molecular flexibility index (Phi) is 9.18. The van der Waals surface area contributed by atoms with Crippen LogP contribution in [-0.4, -0.2) is 36.3 Å². The molecule has 28 heavy (non-hydrogen) atoms. The van der Waals surface area contributed by atoms with Crippen LogP contribution in [0.4, 0.5) is 4.79 Å². The molecule has 0 heterocycles. The van der Waals surface area contributed by atoms with Crippen molar-refractivity contribution in [2.75, 3.05) is 6.61 Å². The third-order valence-corrected chi connectivity index (χ3v) is 4.23. The zero-order valence-electron chi connectivity index (χ0n) is 16.9. The van der Waals surface area contributed by atoms with Gasteiger partial charge in [0, 0.05) is 5.02 Å². The Balaban J connectivity index is 2.66. The Labute approximate surface area is 181 Å². The normalized spacial score (nSPS) is 13.6. The van der Waals surface area contributed by atoms with Gasteiger partial charge in [-0.1, -0.05) is 48.7 Å². The molecule has 0 bridgehead atoms. The maximum absolute atomic E-state index is 12.6. The van der Waals surface area contributed by atoms with Gasteiger partial charge in [-0.25, -0.2) is 4.79 Å². The second-order valence-corrected chi connectivity index (χ2v) is 9.04. The third-order valence-electron chi connectivity index (χ3n) is 3.45. The van der Waals surface area contributed by atoms with Crippen molar-refractivity contribution in [3.63, 3.8) is 0 Å². The van der Waals surface area contributed by atoms with Gasteiger partial charge in [0.2, 0.25) is 5.91 Å². The minimum Gasteiger partial charge on any atom is -0.488 e. The number of amides is 2. The first kappa shape index (κ1) is 24.7. The third kappa shape index (κ3) is 8.33. The van der Waals surface area contributed by atoms with E-state index in [1.54, 1.807) is 27.7 Å². The fraction of sp³-hybridized carbons (Fsp3) is 0.579. The van der Waals surface area contributed by atoms with Gasteiger partial charge in [0.25, 0.3) is 0 Å². The number of hydrogen-bond acceptors (Lipinski definition) is 4. The summed E-state index contributed by atoms with van der Waals surface area (Å²) in [6.45, 7) is 10.8. The van der Waals surface area contributed by atoms with E-state index in [1.165, 1.54) is 12.1 Å². The first-order valence-electron chi connectivity index (χ1n) is 8.87. The summed E-state index contributed by atoms with van der Waals surface area (Å²) in [4.78, 5) is 24.6. The summed E-state index contributed by atoms with van der Waals surface area (Å²) < 4.78 is 10.8. The molecular formula is C19H27Cl3N2O4. The van der Waals surface area contributed by atoms with Crippen molar-refractivity contribution in [1.29, 1.82) is 0 Å². The summed E-state index contributed by atoms with van der Waals surface area (Å²) in [5.41, 5.74) is -0.652. The SMILES string of the molecule is CC(COc1c(Cl)cc(Cl)cc1Cl)NC(=O)[C@@H](NC(=O)OC(C)(C)C)C(C)C. The first-order valence-corrected chi connectivity index (χ1v) is 10.0. The van der Waals surface area contributed by atoms with Crippen LogP contribution in [0.25, 0.3) is 0 Å². The van der Waals surface area contributed by atoms with E-state index in [4.69, 9.17) is 44.3 Å². The number of carbonyl (C=O) groups excluding carboxylic acids is 2. The number of nitrogens with one attached hydrogen (secondary N) is 2. The van der Waals surface area contributed by atoms with Gasteiger partial charge in [0.15, 0.2) is 5.75 Å². The molecule has 1 aromatic rings. The highest BCUT2D eigenvalue weighted by Gasteiger charge is 2.27. The molecule has 0 spiro atoms. The predicted octanol–water partition coefficient (Wildman–Crippen LogP) is 5.08. The summed E-state index contributed by atoms with van der Waals surface area (Å²) in [5.74, 6) is -0.188. The molecule has 2 N–H and O–H groups in total. The maximum Gasteiger partial charge on any atom is 0.408 e. The van der Waals surface area contributed by atoms with E-state index in [2.05, 4.69) is 10.6 Å². The number of ether oxygens (including phenoxy) is 2. The number of hydrogen-bond donors (Lipinski definition) is 2. The van der Waals surface area contributed by atoms with Crippen LogP contribution in [0, 0.1) is 5.92 Å². The molecule has 1 aromatic carbocycles. The van der Waals surface area contributed by atoms with Crippen molar-refractivity contribution in [3.8, 4) is 5.75 Å². The standard InChI is InChI=1S/C19H27Cl3N2O4/c1-10(2)15(24-18(26)28-19(4,5)6)17(25)23-11(3)9-27-16-13(21)7-12(20)8-14(16)22/h7-8,10-11,15H,9H2,1-6H3,(H,23,25)(H,24,26)/t11?,15-/m0/s1. The molecule has 9 heteroatoms. The second-order valence-electron chi connectivity index (χ2n) is 7.79. The monoisotopic (exact) mass is 452 g/mol. The van der Waals surface area contributed by atoms with Crippen LogP contribution in [0.15, 0.2) is 12.1 Å². The van der Waals surface area contributed by atoms with Gasteiger partial charge in [0.05, 0.1) is 16.1 Å². The fourth-order valence-corrected chi connectivity index (χ4v) is 3.15. The number of halogens is 3. The van der Waals surface area contributed by atoms with E-state index in [1.807, 2.05) is 13.8 Å². The molecule has 2 atom stereocenters. The van der Waals surface area contributed by atoms with Gasteiger partial charge in [-0.05, 0) is 45.7 Å². The molecule has 0 radical (unpaired) electrons. The van der Waals surface area contributed by atoms with Gasteiger partial charge in [0.1, 0.15) is 18.2 Å². The highest BCUT2D eigenvalue weighted by atomic mass is 35.5. The topological polar surface area (TPSA) is 76.7 Å². The lowest BCUT2D eigenvalue weighted by Crippen LogP contribution is -2.53. The van der Waals surface area contributed by atoms with Crippen molar-refractivity contribution in [3.05, 3.63) is 27.2 Å². The number of rotatable bonds is 7. The number of alkyl carbamates (subject to hydrolysis) is 1. The lowest BCUT2D eigenvalue weighted by atomic mass is 10.0. The van der Waals surface area contributed by atoms with Crippen molar-refractivity contribution in [2.45, 2.75) is 59.2 Å². The summed E-state index contributed by atoms with van der Waals surface area (Å²) in [6, 6.07) is 1.93. The molecule has 0 aliphatic rings. The minimum absolute atomic E-state index is 0.129. The zero-order chi connectivity index (χ0) is 21.6. The Morgan fingerprint density at radius 3 is 2.04 bits per heavy atom. The Morgan fingerprint density at radius 2 is 1.57 bits per heavy atom.